The Morgan fingerprint density at radius 1 is 1.44 bits per heavy atom. The van der Waals surface area contributed by atoms with Crippen molar-refractivity contribution in [1.82, 2.24) is 5.32 Å². The Labute approximate surface area is 112 Å². The number of hydrogen-bond acceptors (Lipinski definition) is 2. The number of thiophene rings is 1. The molecule has 0 aromatic carbocycles. The third-order valence-corrected chi connectivity index (χ3v) is 4.75. The zero-order valence-corrected chi connectivity index (χ0v) is 12.8. The fraction of sp³-hybridized carbons (Fsp3) is 0.692. The summed E-state index contributed by atoms with van der Waals surface area (Å²) in [6.45, 7) is 7.95. The second-order valence-corrected chi connectivity index (χ2v) is 6.26. The highest BCUT2D eigenvalue weighted by Gasteiger charge is 2.15. The molecule has 1 rings (SSSR count). The fourth-order valence-electron chi connectivity index (χ4n) is 1.93. The van der Waals surface area contributed by atoms with Gasteiger partial charge in [-0.25, -0.2) is 0 Å². The maximum atomic E-state index is 3.60. The third kappa shape index (κ3) is 4.56. The van der Waals surface area contributed by atoms with Crippen molar-refractivity contribution in [2.45, 2.75) is 46.1 Å². The standard InChI is InChI=1S/C13H22BrNS/c1-4-6-15-10(3)11(5-2)7-13-8-12(14)9-16-13/h8-11,15H,4-7H2,1-3H3. The van der Waals surface area contributed by atoms with Gasteiger partial charge in [0.2, 0.25) is 0 Å². The van der Waals surface area contributed by atoms with Gasteiger partial charge < -0.3 is 5.32 Å². The number of nitrogens with one attached hydrogen (secondary N) is 1. The van der Waals surface area contributed by atoms with Crippen LogP contribution in [-0.2, 0) is 6.42 Å². The Kier molecular flexibility index (Phi) is 6.62. The van der Waals surface area contributed by atoms with Crippen LogP contribution in [0.4, 0.5) is 0 Å². The lowest BCUT2D eigenvalue weighted by atomic mass is 9.94. The molecule has 16 heavy (non-hydrogen) atoms. The van der Waals surface area contributed by atoms with Crippen LogP contribution >= 0.6 is 27.3 Å². The van der Waals surface area contributed by atoms with Crippen molar-refractivity contribution in [3.63, 3.8) is 0 Å². The van der Waals surface area contributed by atoms with Crippen molar-refractivity contribution in [1.29, 1.82) is 0 Å². The molecule has 3 heteroatoms. The summed E-state index contributed by atoms with van der Waals surface area (Å²) in [4.78, 5) is 1.49. The first kappa shape index (κ1) is 14.2. The molecule has 0 saturated carbocycles. The molecule has 1 aromatic rings. The predicted octanol–water partition coefficient (Wildman–Crippen LogP) is 4.47. The highest BCUT2D eigenvalue weighted by molar-refractivity contribution is 9.10. The lowest BCUT2D eigenvalue weighted by Gasteiger charge is -2.23. The van der Waals surface area contributed by atoms with Gasteiger partial charge in [0.15, 0.2) is 0 Å². The monoisotopic (exact) mass is 303 g/mol. The molecule has 0 bridgehead atoms. The van der Waals surface area contributed by atoms with Crippen molar-refractivity contribution < 1.29 is 0 Å². The van der Waals surface area contributed by atoms with Crippen LogP contribution in [0.3, 0.4) is 0 Å². The second kappa shape index (κ2) is 7.46. The fourth-order valence-corrected chi connectivity index (χ4v) is 3.48. The molecule has 0 saturated heterocycles. The summed E-state index contributed by atoms with van der Waals surface area (Å²) in [7, 11) is 0. The smallest absolute Gasteiger partial charge is 0.0285 e. The van der Waals surface area contributed by atoms with Gasteiger partial charge in [-0.1, -0.05) is 20.3 Å². The van der Waals surface area contributed by atoms with E-state index >= 15 is 0 Å². The summed E-state index contributed by atoms with van der Waals surface area (Å²) >= 11 is 5.38. The van der Waals surface area contributed by atoms with Crippen LogP contribution in [0.25, 0.3) is 0 Å². The van der Waals surface area contributed by atoms with Crippen LogP contribution in [0.2, 0.25) is 0 Å². The molecule has 1 aromatic heterocycles. The molecule has 0 aliphatic heterocycles. The molecule has 0 radical (unpaired) electrons. The van der Waals surface area contributed by atoms with E-state index in [1.165, 1.54) is 28.6 Å². The van der Waals surface area contributed by atoms with Crippen molar-refractivity contribution in [2.24, 2.45) is 5.92 Å². The van der Waals surface area contributed by atoms with E-state index < -0.39 is 0 Å². The summed E-state index contributed by atoms with van der Waals surface area (Å²) in [5.74, 6) is 0.747. The zero-order chi connectivity index (χ0) is 12.0. The van der Waals surface area contributed by atoms with Crippen LogP contribution in [0, 0.1) is 5.92 Å². The highest BCUT2D eigenvalue weighted by Crippen LogP contribution is 2.24. The van der Waals surface area contributed by atoms with Crippen LogP contribution in [0.15, 0.2) is 15.9 Å². The molecular formula is C13H22BrNS. The van der Waals surface area contributed by atoms with Gasteiger partial charge in [-0.2, -0.15) is 0 Å². The molecule has 0 amide bonds. The molecule has 1 nitrogen and oxygen atoms in total. The number of rotatable bonds is 7. The van der Waals surface area contributed by atoms with E-state index in [2.05, 4.69) is 53.5 Å². The molecule has 0 aliphatic carbocycles. The molecule has 0 fully saturated rings. The Bertz CT molecular complexity index is 298. The number of hydrogen-bond donors (Lipinski definition) is 1. The van der Waals surface area contributed by atoms with Crippen LogP contribution in [0.5, 0.6) is 0 Å². The summed E-state index contributed by atoms with van der Waals surface area (Å²) in [6.07, 6.45) is 3.66. The van der Waals surface area contributed by atoms with Crippen LogP contribution in [-0.4, -0.2) is 12.6 Å². The Hall–Kier alpha value is 0.140. The van der Waals surface area contributed by atoms with Crippen molar-refractivity contribution in [3.8, 4) is 0 Å². The average Bonchev–Trinajstić information content (AvgIpc) is 2.68. The first-order valence-corrected chi connectivity index (χ1v) is 7.80. The Morgan fingerprint density at radius 3 is 2.69 bits per heavy atom. The van der Waals surface area contributed by atoms with Crippen molar-refractivity contribution in [3.05, 3.63) is 20.8 Å². The summed E-state index contributed by atoms with van der Waals surface area (Å²) < 4.78 is 1.22. The normalized spacial score (nSPS) is 15.0. The Balaban J connectivity index is 2.47. The highest BCUT2D eigenvalue weighted by atomic mass is 79.9. The van der Waals surface area contributed by atoms with Gasteiger partial charge in [-0.05, 0) is 54.2 Å². The van der Waals surface area contributed by atoms with E-state index in [1.54, 1.807) is 0 Å². The molecule has 2 unspecified atom stereocenters. The summed E-state index contributed by atoms with van der Waals surface area (Å²) in [5, 5.41) is 5.78. The van der Waals surface area contributed by atoms with Gasteiger partial charge >= 0.3 is 0 Å². The molecule has 0 aliphatic rings. The molecule has 0 spiro atoms. The quantitative estimate of drug-likeness (QED) is 0.784. The SMILES string of the molecule is CCCNC(C)C(CC)Cc1cc(Br)cs1. The summed E-state index contributed by atoms with van der Waals surface area (Å²) in [6, 6.07) is 2.87. The molecule has 92 valence electrons. The predicted molar refractivity (Wildman–Crippen MR) is 77.3 cm³/mol. The van der Waals surface area contributed by atoms with Gasteiger partial charge in [-0.15, -0.1) is 11.3 Å². The Morgan fingerprint density at radius 2 is 2.19 bits per heavy atom. The van der Waals surface area contributed by atoms with Crippen LogP contribution in [0.1, 0.15) is 38.5 Å². The first-order valence-electron chi connectivity index (χ1n) is 6.13. The van der Waals surface area contributed by atoms with E-state index in [4.69, 9.17) is 0 Å². The van der Waals surface area contributed by atoms with E-state index in [1.807, 2.05) is 11.3 Å². The molecule has 1 N–H and O–H groups in total. The molecule has 1 heterocycles. The van der Waals surface area contributed by atoms with Crippen molar-refractivity contribution >= 4 is 27.3 Å². The van der Waals surface area contributed by atoms with Gasteiger partial charge in [0, 0.05) is 20.8 Å². The van der Waals surface area contributed by atoms with E-state index in [9.17, 15) is 0 Å². The van der Waals surface area contributed by atoms with E-state index in [0.717, 1.165) is 12.5 Å². The first-order chi connectivity index (χ1) is 7.67. The third-order valence-electron chi connectivity index (χ3n) is 3.03. The zero-order valence-electron chi connectivity index (χ0n) is 10.4. The van der Waals surface area contributed by atoms with Crippen LogP contribution < -0.4 is 5.32 Å². The van der Waals surface area contributed by atoms with Crippen molar-refractivity contribution in [2.75, 3.05) is 6.54 Å². The lowest BCUT2D eigenvalue weighted by Crippen LogP contribution is -2.34. The van der Waals surface area contributed by atoms with E-state index in [-0.39, 0.29) is 0 Å². The minimum absolute atomic E-state index is 0.617. The van der Waals surface area contributed by atoms with Gasteiger partial charge in [0.05, 0.1) is 0 Å². The largest absolute Gasteiger partial charge is 0.314 e. The van der Waals surface area contributed by atoms with Gasteiger partial charge in [0.25, 0.3) is 0 Å². The minimum atomic E-state index is 0.617. The second-order valence-electron chi connectivity index (χ2n) is 4.35. The maximum Gasteiger partial charge on any atom is 0.0285 e. The maximum absolute atomic E-state index is 3.60. The number of halogens is 1. The average molecular weight is 304 g/mol. The van der Waals surface area contributed by atoms with Gasteiger partial charge in [-0.3, -0.25) is 0 Å². The topological polar surface area (TPSA) is 12.0 Å². The lowest BCUT2D eigenvalue weighted by molar-refractivity contribution is 0.364. The van der Waals surface area contributed by atoms with E-state index in [0.29, 0.717) is 6.04 Å². The minimum Gasteiger partial charge on any atom is -0.314 e. The molecule has 2 atom stereocenters. The molecular weight excluding hydrogens is 282 g/mol. The van der Waals surface area contributed by atoms with Gasteiger partial charge in [0.1, 0.15) is 0 Å². The summed E-state index contributed by atoms with van der Waals surface area (Å²) in [5.41, 5.74) is 0.